The third-order valence-electron chi connectivity index (χ3n) is 6.83. The van der Waals surface area contributed by atoms with Crippen molar-refractivity contribution in [1.29, 1.82) is 0 Å². The Morgan fingerprint density at radius 1 is 1.10 bits per heavy atom. The third kappa shape index (κ3) is 2.98. The fourth-order valence-electron chi connectivity index (χ4n) is 5.81. The number of rotatable bonds is 4. The van der Waals surface area contributed by atoms with Gasteiger partial charge in [-0.3, -0.25) is 4.79 Å². The van der Waals surface area contributed by atoms with Crippen LogP contribution in [0.2, 0.25) is 0 Å². The maximum Gasteiger partial charge on any atom is 0.405 e. The van der Waals surface area contributed by atoms with E-state index in [1.807, 2.05) is 17.0 Å². The van der Waals surface area contributed by atoms with Crippen LogP contribution in [0.5, 0.6) is 0 Å². The zero-order valence-electron chi connectivity index (χ0n) is 16.0. The molecule has 1 aliphatic heterocycles. The second-order valence-corrected chi connectivity index (χ2v) is 8.91. The third-order valence-corrected chi connectivity index (χ3v) is 6.83. The van der Waals surface area contributed by atoms with Crippen molar-refractivity contribution in [2.75, 3.05) is 6.54 Å². The summed E-state index contributed by atoms with van der Waals surface area (Å²) in [7, 11) is 0. The van der Waals surface area contributed by atoms with Crippen molar-refractivity contribution in [3.05, 3.63) is 71.0 Å². The second-order valence-electron chi connectivity index (χ2n) is 8.91. The fraction of sp³-hybridized carbons (Fsp3) is 0.391. The molecule has 4 aliphatic rings. The highest BCUT2D eigenvalue weighted by Gasteiger charge is 2.69. The van der Waals surface area contributed by atoms with Crippen molar-refractivity contribution in [3.8, 4) is 0 Å². The number of carbonyl (C=O) groups is 2. The van der Waals surface area contributed by atoms with Gasteiger partial charge in [-0.15, -0.1) is 0 Å². The van der Waals surface area contributed by atoms with Crippen molar-refractivity contribution in [3.63, 3.8) is 0 Å². The van der Waals surface area contributed by atoms with Crippen molar-refractivity contribution in [2.45, 2.75) is 43.7 Å². The first kappa shape index (κ1) is 18.2. The number of halogens is 1. The van der Waals surface area contributed by atoms with E-state index in [9.17, 15) is 14.0 Å². The first-order valence-corrected chi connectivity index (χ1v) is 10.0. The van der Waals surface area contributed by atoms with Crippen LogP contribution in [0, 0.1) is 11.2 Å². The molecule has 6 rings (SSSR count). The van der Waals surface area contributed by atoms with Crippen molar-refractivity contribution < 1.29 is 19.1 Å². The van der Waals surface area contributed by atoms with Crippen LogP contribution in [0.25, 0.3) is 0 Å². The van der Waals surface area contributed by atoms with Gasteiger partial charge in [-0.2, -0.15) is 0 Å². The van der Waals surface area contributed by atoms with Crippen LogP contribution >= 0.6 is 0 Å². The first-order chi connectivity index (χ1) is 13.9. The van der Waals surface area contributed by atoms with Gasteiger partial charge >= 0.3 is 6.09 Å². The fourth-order valence-corrected chi connectivity index (χ4v) is 5.81. The summed E-state index contributed by atoms with van der Waals surface area (Å²) in [5.41, 5.74) is 2.86. The van der Waals surface area contributed by atoms with Crippen molar-refractivity contribution >= 4 is 12.0 Å². The average molecular weight is 394 g/mol. The summed E-state index contributed by atoms with van der Waals surface area (Å²) in [6, 6.07) is 14.3. The Morgan fingerprint density at radius 2 is 1.79 bits per heavy atom. The standard InChI is InChI=1S/C23H23FN2O3/c24-17-7-5-16(6-8-17)20-18-4-2-1-3-15(18)9-10-26(20)19(27)11-22-12-23(13-22,14-22)25-21(28)29/h1-8,20,25H,9-14H2,(H,28,29). The number of nitrogens with zero attached hydrogens (tertiary/aromatic N) is 1. The lowest BCUT2D eigenvalue weighted by Gasteiger charge is -2.70. The largest absolute Gasteiger partial charge is 0.465 e. The van der Waals surface area contributed by atoms with E-state index in [4.69, 9.17) is 5.11 Å². The maximum atomic E-state index is 13.5. The Bertz CT molecular complexity index is 968. The Balaban J connectivity index is 1.38. The molecule has 1 heterocycles. The van der Waals surface area contributed by atoms with Gasteiger partial charge in [0.05, 0.1) is 6.04 Å². The molecule has 0 radical (unpaired) electrons. The van der Waals surface area contributed by atoms with Crippen LogP contribution in [-0.4, -0.2) is 34.1 Å². The van der Waals surface area contributed by atoms with E-state index in [0.717, 1.165) is 36.8 Å². The molecule has 3 aliphatic carbocycles. The van der Waals surface area contributed by atoms with Gasteiger partial charge in [-0.05, 0) is 59.9 Å². The smallest absolute Gasteiger partial charge is 0.405 e. The number of hydrogen-bond acceptors (Lipinski definition) is 2. The first-order valence-electron chi connectivity index (χ1n) is 10.0. The molecule has 0 aromatic heterocycles. The molecule has 0 spiro atoms. The summed E-state index contributed by atoms with van der Waals surface area (Å²) in [5, 5.41) is 11.6. The van der Waals surface area contributed by atoms with E-state index >= 15 is 0 Å². The Hall–Kier alpha value is -2.89. The zero-order chi connectivity index (χ0) is 20.2. The number of benzene rings is 2. The molecule has 150 valence electrons. The van der Waals surface area contributed by atoms with E-state index in [1.165, 1.54) is 17.7 Å². The maximum absolute atomic E-state index is 13.5. The van der Waals surface area contributed by atoms with E-state index in [-0.39, 0.29) is 28.7 Å². The summed E-state index contributed by atoms with van der Waals surface area (Å²) in [4.78, 5) is 26.2. The van der Waals surface area contributed by atoms with E-state index in [0.29, 0.717) is 13.0 Å². The summed E-state index contributed by atoms with van der Waals surface area (Å²) >= 11 is 0. The van der Waals surface area contributed by atoms with Gasteiger partial charge in [0.15, 0.2) is 0 Å². The number of fused-ring (bicyclic) bond motifs is 1. The topological polar surface area (TPSA) is 69.6 Å². The number of hydrogen-bond donors (Lipinski definition) is 2. The SMILES string of the molecule is O=C(O)NC12CC(CC(=O)N3CCc4ccccc4C3c3ccc(F)cc3)(C1)C2. The normalized spacial score (nSPS) is 29.3. The van der Waals surface area contributed by atoms with Crippen LogP contribution in [-0.2, 0) is 11.2 Å². The van der Waals surface area contributed by atoms with Crippen LogP contribution in [0.1, 0.15) is 48.4 Å². The van der Waals surface area contributed by atoms with Crippen LogP contribution in [0.15, 0.2) is 48.5 Å². The van der Waals surface area contributed by atoms with E-state index in [2.05, 4.69) is 17.4 Å². The van der Waals surface area contributed by atoms with Gasteiger partial charge in [0.2, 0.25) is 5.91 Å². The molecule has 3 fully saturated rings. The highest BCUT2D eigenvalue weighted by Crippen LogP contribution is 2.69. The molecule has 2 amide bonds. The van der Waals surface area contributed by atoms with Crippen molar-refractivity contribution in [2.24, 2.45) is 5.41 Å². The molecule has 0 saturated heterocycles. The molecule has 2 N–H and O–H groups in total. The molecule has 5 nitrogen and oxygen atoms in total. The zero-order valence-corrected chi connectivity index (χ0v) is 16.0. The van der Waals surface area contributed by atoms with Crippen LogP contribution in [0.3, 0.4) is 0 Å². The van der Waals surface area contributed by atoms with Gasteiger partial charge in [0, 0.05) is 18.5 Å². The Kier molecular flexibility index (Phi) is 3.95. The predicted octanol–water partition coefficient (Wildman–Crippen LogP) is 3.88. The molecule has 1 unspecified atom stereocenters. The number of amides is 2. The highest BCUT2D eigenvalue weighted by molar-refractivity contribution is 5.79. The van der Waals surface area contributed by atoms with Crippen LogP contribution in [0.4, 0.5) is 9.18 Å². The summed E-state index contributed by atoms with van der Waals surface area (Å²) in [6.45, 7) is 0.631. The van der Waals surface area contributed by atoms with Gasteiger partial charge in [0.25, 0.3) is 0 Å². The molecule has 6 heteroatoms. The lowest BCUT2D eigenvalue weighted by atomic mass is 9.38. The average Bonchev–Trinajstić information content (AvgIpc) is 2.65. The molecule has 2 bridgehead atoms. The summed E-state index contributed by atoms with van der Waals surface area (Å²) < 4.78 is 13.5. The predicted molar refractivity (Wildman–Crippen MR) is 105 cm³/mol. The lowest BCUT2D eigenvalue weighted by molar-refractivity contribution is -0.170. The summed E-state index contributed by atoms with van der Waals surface area (Å²) in [5.74, 6) is -0.196. The molecule has 29 heavy (non-hydrogen) atoms. The Labute approximate surface area is 168 Å². The van der Waals surface area contributed by atoms with E-state index < -0.39 is 6.09 Å². The number of carboxylic acid groups (broad SMARTS) is 1. The minimum atomic E-state index is -0.992. The molecule has 2 aromatic rings. The molecule has 2 aromatic carbocycles. The molecular formula is C23H23FN2O3. The van der Waals surface area contributed by atoms with Gasteiger partial charge in [0.1, 0.15) is 5.82 Å². The quantitative estimate of drug-likeness (QED) is 0.827. The number of carbonyl (C=O) groups excluding carboxylic acids is 1. The monoisotopic (exact) mass is 394 g/mol. The lowest BCUT2D eigenvalue weighted by Crippen LogP contribution is -2.75. The Morgan fingerprint density at radius 3 is 2.48 bits per heavy atom. The van der Waals surface area contributed by atoms with Crippen LogP contribution < -0.4 is 5.32 Å². The van der Waals surface area contributed by atoms with Gasteiger partial charge in [-0.1, -0.05) is 36.4 Å². The van der Waals surface area contributed by atoms with Gasteiger partial charge in [-0.25, -0.2) is 9.18 Å². The minimum absolute atomic E-state index is 0.0656. The second kappa shape index (κ2) is 6.31. The van der Waals surface area contributed by atoms with E-state index in [1.54, 1.807) is 12.1 Å². The molecule has 3 saturated carbocycles. The van der Waals surface area contributed by atoms with Gasteiger partial charge < -0.3 is 15.3 Å². The molecule has 1 atom stereocenters. The minimum Gasteiger partial charge on any atom is -0.465 e. The summed E-state index contributed by atoms with van der Waals surface area (Å²) in [6.07, 6.45) is 2.47. The van der Waals surface area contributed by atoms with Crippen molar-refractivity contribution in [1.82, 2.24) is 10.2 Å². The molecular weight excluding hydrogens is 371 g/mol. The highest BCUT2D eigenvalue weighted by atomic mass is 19.1. The number of nitrogens with one attached hydrogen (secondary N) is 1.